The largest absolute Gasteiger partial charge is 0.298 e. The third-order valence-electron chi connectivity index (χ3n) is 4.74. The van der Waals surface area contributed by atoms with E-state index in [1.807, 2.05) is 38.1 Å². The molecule has 140 valence electrons. The van der Waals surface area contributed by atoms with Crippen LogP contribution in [-0.2, 0) is 9.59 Å². The molecule has 3 aromatic rings. The van der Waals surface area contributed by atoms with Crippen molar-refractivity contribution in [2.24, 2.45) is 0 Å². The number of carbonyl (C=O) groups is 2. The van der Waals surface area contributed by atoms with Crippen LogP contribution in [0.1, 0.15) is 34.2 Å². The number of hydrogen-bond acceptors (Lipinski definition) is 5. The van der Waals surface area contributed by atoms with Crippen molar-refractivity contribution in [1.29, 1.82) is 0 Å². The van der Waals surface area contributed by atoms with Crippen LogP contribution in [0.4, 0.5) is 4.39 Å². The first-order chi connectivity index (χ1) is 13.4. The number of ketones is 2. The molecule has 0 N–H and O–H groups in total. The first-order valence-corrected chi connectivity index (χ1v) is 9.67. The Bertz CT molecular complexity index is 1100. The second-order valence-electron chi connectivity index (χ2n) is 6.84. The summed E-state index contributed by atoms with van der Waals surface area (Å²) in [6, 6.07) is 10.7. The number of benzene rings is 1. The molecule has 0 aliphatic heterocycles. The molecule has 2 aromatic heterocycles. The molecule has 0 radical (unpaired) electrons. The molecule has 1 aliphatic rings. The summed E-state index contributed by atoms with van der Waals surface area (Å²) >= 11 is 1.48. The van der Waals surface area contributed by atoms with Crippen molar-refractivity contribution in [3.8, 4) is 10.6 Å². The molecule has 4 nitrogen and oxygen atoms in total. The Labute approximate surface area is 165 Å². The summed E-state index contributed by atoms with van der Waals surface area (Å²) in [5, 5.41) is 0.797. The van der Waals surface area contributed by atoms with Crippen LogP contribution in [0.3, 0.4) is 0 Å². The highest BCUT2D eigenvalue weighted by Gasteiger charge is 2.40. The van der Waals surface area contributed by atoms with Crippen LogP contribution in [0, 0.1) is 19.7 Å². The smallest absolute Gasteiger partial charge is 0.175 e. The van der Waals surface area contributed by atoms with Gasteiger partial charge in [-0.15, -0.1) is 11.3 Å². The van der Waals surface area contributed by atoms with Gasteiger partial charge >= 0.3 is 0 Å². The van der Waals surface area contributed by atoms with Gasteiger partial charge in [-0.2, -0.15) is 0 Å². The third kappa shape index (κ3) is 3.43. The number of allylic oxidation sites excluding steroid dienone is 1. The van der Waals surface area contributed by atoms with Crippen LogP contribution in [0.15, 0.2) is 48.2 Å². The van der Waals surface area contributed by atoms with Crippen LogP contribution < -0.4 is 0 Å². The van der Waals surface area contributed by atoms with Crippen LogP contribution >= 0.6 is 11.3 Å². The second-order valence-corrected chi connectivity index (χ2v) is 8.04. The zero-order valence-corrected chi connectivity index (χ0v) is 16.2. The number of nitrogens with zero attached hydrogens (tertiary/aromatic N) is 2. The van der Waals surface area contributed by atoms with Gasteiger partial charge in [0.25, 0.3) is 0 Å². The van der Waals surface area contributed by atoms with Gasteiger partial charge < -0.3 is 0 Å². The lowest BCUT2D eigenvalue weighted by Gasteiger charge is -2.04. The highest BCUT2D eigenvalue weighted by atomic mass is 32.1. The maximum absolute atomic E-state index is 13.0. The third-order valence-corrected chi connectivity index (χ3v) is 5.78. The standard InChI is InChI=1S/C22H17FN2O2S/c1-12-3-5-14(6-4-12)22-25-20(13(2)28-22)19-18(26)10-15(21(19)27)9-17-8-7-16(23)11-24-17/h3-9,11,19H,10H2,1-2H3/b15-9+. The van der Waals surface area contributed by atoms with Gasteiger partial charge in [0.05, 0.1) is 17.6 Å². The van der Waals surface area contributed by atoms with Gasteiger partial charge in [0, 0.05) is 22.4 Å². The summed E-state index contributed by atoms with van der Waals surface area (Å²) in [6.45, 7) is 3.90. The van der Waals surface area contributed by atoms with E-state index >= 15 is 0 Å². The molecule has 1 aromatic carbocycles. The monoisotopic (exact) mass is 392 g/mol. The van der Waals surface area contributed by atoms with Gasteiger partial charge in [0.1, 0.15) is 16.7 Å². The Morgan fingerprint density at radius 2 is 1.86 bits per heavy atom. The fraction of sp³-hybridized carbons (Fsp3) is 0.182. The highest BCUT2D eigenvalue weighted by Crippen LogP contribution is 2.38. The van der Waals surface area contributed by atoms with Crippen LogP contribution in [0.25, 0.3) is 16.6 Å². The number of pyridine rings is 1. The second kappa shape index (κ2) is 7.20. The van der Waals surface area contributed by atoms with Crippen molar-refractivity contribution >= 4 is 29.0 Å². The summed E-state index contributed by atoms with van der Waals surface area (Å²) in [5.41, 5.74) is 3.50. The number of aromatic nitrogens is 2. The number of thiazole rings is 1. The topological polar surface area (TPSA) is 59.9 Å². The number of aryl methyl sites for hydroxylation is 2. The van der Waals surface area contributed by atoms with Gasteiger partial charge in [0.15, 0.2) is 11.6 Å². The SMILES string of the molecule is Cc1ccc(-c2nc(C3C(=O)C/C(=C\c4ccc(F)cn4)C3=O)c(C)s2)cc1. The van der Waals surface area contributed by atoms with Gasteiger partial charge in [0.2, 0.25) is 0 Å². The van der Waals surface area contributed by atoms with Crippen molar-refractivity contribution in [1.82, 2.24) is 9.97 Å². The molecule has 6 heteroatoms. The first kappa shape index (κ1) is 18.4. The maximum atomic E-state index is 13.0. The summed E-state index contributed by atoms with van der Waals surface area (Å²) in [5.74, 6) is -1.74. The van der Waals surface area contributed by atoms with Gasteiger partial charge in [-0.05, 0) is 32.1 Å². The Morgan fingerprint density at radius 3 is 2.54 bits per heavy atom. The van der Waals surface area contributed by atoms with E-state index in [1.165, 1.54) is 23.5 Å². The minimum Gasteiger partial charge on any atom is -0.298 e. The van der Waals surface area contributed by atoms with E-state index in [0.29, 0.717) is 17.0 Å². The van der Waals surface area contributed by atoms with Crippen LogP contribution in [-0.4, -0.2) is 21.5 Å². The van der Waals surface area contributed by atoms with E-state index in [0.717, 1.165) is 27.2 Å². The minimum absolute atomic E-state index is 0.0411. The first-order valence-electron chi connectivity index (χ1n) is 8.86. The van der Waals surface area contributed by atoms with Crippen molar-refractivity contribution in [2.45, 2.75) is 26.2 Å². The number of rotatable bonds is 3. The van der Waals surface area contributed by atoms with Crippen molar-refractivity contribution < 1.29 is 14.0 Å². The Balaban J connectivity index is 1.66. The quantitative estimate of drug-likeness (QED) is 0.480. The fourth-order valence-corrected chi connectivity index (χ4v) is 4.21. The Morgan fingerprint density at radius 1 is 1.11 bits per heavy atom. The molecule has 1 atom stereocenters. The fourth-order valence-electron chi connectivity index (χ4n) is 3.25. The van der Waals surface area contributed by atoms with Gasteiger partial charge in [-0.1, -0.05) is 29.8 Å². The molecule has 4 rings (SSSR count). The summed E-state index contributed by atoms with van der Waals surface area (Å²) in [7, 11) is 0. The Kier molecular flexibility index (Phi) is 4.73. The van der Waals surface area contributed by atoms with E-state index < -0.39 is 11.7 Å². The molecular weight excluding hydrogens is 375 g/mol. The van der Waals surface area contributed by atoms with E-state index in [-0.39, 0.29) is 18.0 Å². The lowest BCUT2D eigenvalue weighted by Crippen LogP contribution is -2.14. The van der Waals surface area contributed by atoms with Gasteiger partial charge in [-0.25, -0.2) is 9.37 Å². The molecule has 1 aliphatic carbocycles. The zero-order valence-electron chi connectivity index (χ0n) is 15.4. The molecular formula is C22H17FN2O2S. The van der Waals surface area contributed by atoms with Gasteiger partial charge in [-0.3, -0.25) is 14.6 Å². The lowest BCUT2D eigenvalue weighted by atomic mass is 10.00. The zero-order chi connectivity index (χ0) is 19.8. The number of Topliss-reactive ketones (excluding diaryl/α,β-unsaturated/α-hetero) is 2. The predicted molar refractivity (Wildman–Crippen MR) is 107 cm³/mol. The molecule has 2 heterocycles. The van der Waals surface area contributed by atoms with E-state index in [4.69, 9.17) is 0 Å². The normalized spacial score (nSPS) is 18.2. The van der Waals surface area contributed by atoms with Crippen molar-refractivity contribution in [2.75, 3.05) is 0 Å². The molecule has 1 saturated carbocycles. The Hall–Kier alpha value is -2.99. The van der Waals surface area contributed by atoms with Crippen LogP contribution in [0.2, 0.25) is 0 Å². The summed E-state index contributed by atoms with van der Waals surface area (Å²) in [4.78, 5) is 34.9. The molecule has 0 amide bonds. The summed E-state index contributed by atoms with van der Waals surface area (Å²) < 4.78 is 13.0. The highest BCUT2D eigenvalue weighted by molar-refractivity contribution is 7.15. The predicted octanol–water partition coefficient (Wildman–Crippen LogP) is 4.67. The number of halogens is 1. The average Bonchev–Trinajstić information content (AvgIpc) is 3.17. The number of hydrogen-bond donors (Lipinski definition) is 0. The van der Waals surface area contributed by atoms with Crippen LogP contribution in [0.5, 0.6) is 0 Å². The molecule has 0 spiro atoms. The number of carbonyl (C=O) groups excluding carboxylic acids is 2. The molecule has 1 unspecified atom stereocenters. The molecule has 0 saturated heterocycles. The average molecular weight is 392 g/mol. The summed E-state index contributed by atoms with van der Waals surface area (Å²) in [6.07, 6.45) is 2.69. The molecule has 28 heavy (non-hydrogen) atoms. The van der Waals surface area contributed by atoms with E-state index in [2.05, 4.69) is 9.97 Å². The van der Waals surface area contributed by atoms with Crippen molar-refractivity contribution in [3.05, 3.63) is 75.8 Å². The molecule has 0 bridgehead atoms. The van der Waals surface area contributed by atoms with E-state index in [1.54, 1.807) is 6.08 Å². The lowest BCUT2D eigenvalue weighted by molar-refractivity contribution is -0.123. The van der Waals surface area contributed by atoms with E-state index in [9.17, 15) is 14.0 Å². The van der Waals surface area contributed by atoms with Crippen molar-refractivity contribution in [3.63, 3.8) is 0 Å². The minimum atomic E-state index is -0.873. The maximum Gasteiger partial charge on any atom is 0.175 e. The molecule has 1 fully saturated rings.